The average Bonchev–Trinajstić information content (AvgIpc) is 3.02. The second-order valence-electron chi connectivity index (χ2n) is 4.86. The maximum absolute atomic E-state index is 11.0. The average molecular weight is 320 g/mol. The molecule has 0 amide bonds. The zero-order valence-corrected chi connectivity index (χ0v) is 12.6. The zero-order chi connectivity index (χ0) is 16.9. The summed E-state index contributed by atoms with van der Waals surface area (Å²) in [4.78, 5) is 15.1. The van der Waals surface area contributed by atoms with Crippen LogP contribution in [0.4, 0.5) is 0 Å². The summed E-state index contributed by atoms with van der Waals surface area (Å²) >= 11 is 0. The van der Waals surface area contributed by atoms with E-state index in [0.29, 0.717) is 5.75 Å². The van der Waals surface area contributed by atoms with Gasteiger partial charge in [0, 0.05) is 23.0 Å². The third kappa shape index (κ3) is 3.56. The molecule has 0 saturated carbocycles. The molecule has 0 saturated heterocycles. The van der Waals surface area contributed by atoms with Crippen LogP contribution < -0.4 is 4.74 Å². The predicted octanol–water partition coefficient (Wildman–Crippen LogP) is 2.40. The van der Waals surface area contributed by atoms with Crippen LogP contribution in [0, 0.1) is 18.8 Å². The quantitative estimate of drug-likeness (QED) is 0.719. The molecule has 3 rings (SSSR count). The largest absolute Gasteiger partial charge is 0.476 e. The third-order valence-electron chi connectivity index (χ3n) is 3.02. The molecule has 0 aliphatic rings. The Labute approximate surface area is 137 Å². The van der Waals surface area contributed by atoms with Crippen LogP contribution in [0.15, 0.2) is 42.6 Å². The SMILES string of the molecule is Cc1cc(C#Cc2cccc(Oc3[nH]nnc3C(=O)O)c2)ccn1. The Morgan fingerprint density at radius 2 is 2.00 bits per heavy atom. The second kappa shape index (κ2) is 6.62. The summed E-state index contributed by atoms with van der Waals surface area (Å²) < 4.78 is 5.48. The van der Waals surface area contributed by atoms with Crippen molar-refractivity contribution in [2.75, 3.05) is 0 Å². The summed E-state index contributed by atoms with van der Waals surface area (Å²) in [7, 11) is 0. The molecule has 118 valence electrons. The molecule has 0 spiro atoms. The molecule has 0 radical (unpaired) electrons. The van der Waals surface area contributed by atoms with E-state index in [-0.39, 0.29) is 11.6 Å². The summed E-state index contributed by atoms with van der Waals surface area (Å²) in [5.74, 6) is 5.26. The van der Waals surface area contributed by atoms with Crippen molar-refractivity contribution in [2.45, 2.75) is 6.92 Å². The van der Waals surface area contributed by atoms with E-state index in [4.69, 9.17) is 9.84 Å². The summed E-state index contributed by atoms with van der Waals surface area (Å²) in [5.41, 5.74) is 2.21. The van der Waals surface area contributed by atoms with Crippen molar-refractivity contribution in [2.24, 2.45) is 0 Å². The fourth-order valence-electron chi connectivity index (χ4n) is 1.95. The minimum absolute atomic E-state index is 0.0302. The van der Waals surface area contributed by atoms with E-state index in [2.05, 4.69) is 32.2 Å². The number of nitrogens with zero attached hydrogens (tertiary/aromatic N) is 3. The molecule has 0 unspecified atom stereocenters. The molecular formula is C17H12N4O3. The maximum Gasteiger partial charge on any atom is 0.362 e. The molecular weight excluding hydrogens is 308 g/mol. The first-order valence-corrected chi connectivity index (χ1v) is 6.99. The van der Waals surface area contributed by atoms with Crippen molar-refractivity contribution in [1.29, 1.82) is 0 Å². The number of pyridine rings is 1. The number of rotatable bonds is 3. The lowest BCUT2D eigenvalue weighted by molar-refractivity contribution is 0.0687. The highest BCUT2D eigenvalue weighted by Crippen LogP contribution is 2.22. The van der Waals surface area contributed by atoms with Gasteiger partial charge in [-0.1, -0.05) is 23.1 Å². The zero-order valence-electron chi connectivity index (χ0n) is 12.6. The molecule has 3 aromatic rings. The van der Waals surface area contributed by atoms with Gasteiger partial charge in [-0.2, -0.15) is 0 Å². The Bertz CT molecular complexity index is 953. The number of hydrogen-bond donors (Lipinski definition) is 2. The lowest BCUT2D eigenvalue weighted by Crippen LogP contribution is -1.99. The van der Waals surface area contributed by atoms with Crippen LogP contribution in [0.1, 0.15) is 27.3 Å². The number of carboxylic acids is 1. The maximum atomic E-state index is 11.0. The van der Waals surface area contributed by atoms with Crippen molar-refractivity contribution in [3.63, 3.8) is 0 Å². The van der Waals surface area contributed by atoms with Crippen LogP contribution in [0.5, 0.6) is 11.6 Å². The van der Waals surface area contributed by atoms with Crippen LogP contribution in [-0.2, 0) is 0 Å². The molecule has 0 bridgehead atoms. The van der Waals surface area contributed by atoms with Gasteiger partial charge in [0.2, 0.25) is 5.69 Å². The molecule has 0 atom stereocenters. The number of carboxylic acid groups (broad SMARTS) is 1. The summed E-state index contributed by atoms with van der Waals surface area (Å²) in [5, 5.41) is 18.3. The molecule has 1 aromatic carbocycles. The number of carbonyl (C=O) groups is 1. The van der Waals surface area contributed by atoms with Crippen LogP contribution in [0.2, 0.25) is 0 Å². The minimum Gasteiger partial charge on any atom is -0.476 e. The van der Waals surface area contributed by atoms with Crippen molar-refractivity contribution in [1.82, 2.24) is 20.4 Å². The fourth-order valence-corrected chi connectivity index (χ4v) is 1.95. The number of H-pyrrole nitrogens is 1. The third-order valence-corrected chi connectivity index (χ3v) is 3.02. The van der Waals surface area contributed by atoms with Gasteiger partial charge in [-0.15, -0.1) is 5.10 Å². The molecule has 24 heavy (non-hydrogen) atoms. The van der Waals surface area contributed by atoms with E-state index >= 15 is 0 Å². The first kappa shape index (κ1) is 15.2. The van der Waals surface area contributed by atoms with E-state index in [1.165, 1.54) is 0 Å². The predicted molar refractivity (Wildman–Crippen MR) is 84.8 cm³/mol. The number of aromatic nitrogens is 4. The summed E-state index contributed by atoms with van der Waals surface area (Å²) in [6.07, 6.45) is 1.71. The smallest absolute Gasteiger partial charge is 0.362 e. The van der Waals surface area contributed by atoms with Gasteiger partial charge in [-0.3, -0.25) is 4.98 Å². The molecule has 2 heterocycles. The summed E-state index contributed by atoms with van der Waals surface area (Å²) in [6, 6.07) is 10.7. The van der Waals surface area contributed by atoms with Crippen LogP contribution in [0.3, 0.4) is 0 Å². The van der Waals surface area contributed by atoms with Crippen molar-refractivity contribution in [3.8, 4) is 23.5 Å². The molecule has 0 aliphatic carbocycles. The minimum atomic E-state index is -1.22. The van der Waals surface area contributed by atoms with Crippen molar-refractivity contribution >= 4 is 5.97 Å². The Morgan fingerprint density at radius 1 is 1.21 bits per heavy atom. The van der Waals surface area contributed by atoms with Crippen molar-refractivity contribution < 1.29 is 14.6 Å². The number of ether oxygens (including phenoxy) is 1. The van der Waals surface area contributed by atoms with Gasteiger partial charge in [0.05, 0.1) is 0 Å². The molecule has 2 N–H and O–H groups in total. The second-order valence-corrected chi connectivity index (χ2v) is 4.86. The van der Waals surface area contributed by atoms with Gasteiger partial charge in [0.15, 0.2) is 0 Å². The van der Waals surface area contributed by atoms with Gasteiger partial charge in [-0.25, -0.2) is 9.89 Å². The topological polar surface area (TPSA) is 101 Å². The number of nitrogens with one attached hydrogen (secondary N) is 1. The molecule has 0 fully saturated rings. The number of aromatic carboxylic acids is 1. The van der Waals surface area contributed by atoms with E-state index in [1.807, 2.05) is 25.1 Å². The Hall–Kier alpha value is -3.66. The first-order chi connectivity index (χ1) is 11.6. The summed E-state index contributed by atoms with van der Waals surface area (Å²) in [6.45, 7) is 1.90. The molecule has 7 nitrogen and oxygen atoms in total. The van der Waals surface area contributed by atoms with E-state index in [9.17, 15) is 4.79 Å². The van der Waals surface area contributed by atoms with Crippen molar-refractivity contribution in [3.05, 3.63) is 65.1 Å². The van der Waals surface area contributed by atoms with Gasteiger partial charge in [0.25, 0.3) is 5.88 Å². The lowest BCUT2D eigenvalue weighted by atomic mass is 10.2. The van der Waals surface area contributed by atoms with Gasteiger partial charge >= 0.3 is 5.97 Å². The Kier molecular flexibility index (Phi) is 4.21. The van der Waals surface area contributed by atoms with Gasteiger partial charge < -0.3 is 9.84 Å². The van der Waals surface area contributed by atoms with Crippen LogP contribution in [0.25, 0.3) is 0 Å². The van der Waals surface area contributed by atoms with E-state index < -0.39 is 5.97 Å². The molecule has 0 aliphatic heterocycles. The van der Waals surface area contributed by atoms with Gasteiger partial charge in [0.1, 0.15) is 5.75 Å². The Balaban J connectivity index is 1.82. The number of benzene rings is 1. The molecule has 2 aromatic heterocycles. The highest BCUT2D eigenvalue weighted by Gasteiger charge is 2.16. The number of aromatic amines is 1. The standard InChI is InChI=1S/C17H12N4O3/c1-11-9-13(7-8-18-11)6-5-12-3-2-4-14(10-12)24-16-15(17(22)23)19-21-20-16/h2-4,7-10H,1H3,(H,22,23)(H,19,20,21). The highest BCUT2D eigenvalue weighted by molar-refractivity contribution is 5.87. The van der Waals surface area contributed by atoms with E-state index in [0.717, 1.165) is 16.8 Å². The molecule has 7 heteroatoms. The number of hydrogen-bond acceptors (Lipinski definition) is 5. The first-order valence-electron chi connectivity index (χ1n) is 6.99. The highest BCUT2D eigenvalue weighted by atomic mass is 16.5. The van der Waals surface area contributed by atoms with Crippen LogP contribution in [-0.4, -0.2) is 31.5 Å². The van der Waals surface area contributed by atoms with Crippen LogP contribution >= 0.6 is 0 Å². The Morgan fingerprint density at radius 3 is 2.75 bits per heavy atom. The normalized spacial score (nSPS) is 9.88. The van der Waals surface area contributed by atoms with Gasteiger partial charge in [-0.05, 0) is 37.3 Å². The fraction of sp³-hybridized carbons (Fsp3) is 0.0588. The lowest BCUT2D eigenvalue weighted by Gasteiger charge is -2.03. The number of aryl methyl sites for hydroxylation is 1. The van der Waals surface area contributed by atoms with E-state index in [1.54, 1.807) is 24.4 Å². The monoisotopic (exact) mass is 320 g/mol.